The number of sulfonamides is 1. The maximum absolute atomic E-state index is 13.5. The summed E-state index contributed by atoms with van der Waals surface area (Å²) in [5.41, 5.74) is 2.21. The van der Waals surface area contributed by atoms with Crippen molar-refractivity contribution in [3.8, 4) is 11.1 Å². The van der Waals surface area contributed by atoms with E-state index in [1.165, 1.54) is 22.5 Å². The minimum absolute atomic E-state index is 0.0791. The van der Waals surface area contributed by atoms with Gasteiger partial charge in [0.05, 0.1) is 21.3 Å². The molecule has 1 saturated carbocycles. The Morgan fingerprint density at radius 1 is 0.935 bits per heavy atom. The topological polar surface area (TPSA) is 74.7 Å². The quantitative estimate of drug-likeness (QED) is 0.456. The van der Waals surface area contributed by atoms with Crippen LogP contribution in [0.15, 0.2) is 71.6 Å². The summed E-state index contributed by atoms with van der Waals surface area (Å²) in [5, 5.41) is 9.37. The van der Waals surface area contributed by atoms with E-state index in [1.54, 1.807) is 42.5 Å². The molecular formula is C23H19Cl2NO4S. The summed E-state index contributed by atoms with van der Waals surface area (Å²) in [5.74, 6) is -0.709. The predicted molar refractivity (Wildman–Crippen MR) is 123 cm³/mol. The molecule has 5 nitrogen and oxygen atoms in total. The molecule has 0 aromatic heterocycles. The first-order chi connectivity index (χ1) is 14.8. The van der Waals surface area contributed by atoms with Crippen LogP contribution in [0.5, 0.6) is 0 Å². The van der Waals surface area contributed by atoms with E-state index in [9.17, 15) is 18.3 Å². The predicted octanol–water partition coefficient (Wildman–Crippen LogP) is 5.96. The van der Waals surface area contributed by atoms with E-state index >= 15 is 0 Å². The molecule has 0 unspecified atom stereocenters. The first-order valence-corrected chi connectivity index (χ1v) is 11.9. The summed E-state index contributed by atoms with van der Waals surface area (Å²) in [6.45, 7) is 0.345. The lowest BCUT2D eigenvalue weighted by Crippen LogP contribution is -2.33. The Morgan fingerprint density at radius 3 is 2.13 bits per heavy atom. The number of hydrogen-bond acceptors (Lipinski definition) is 3. The third-order valence-electron chi connectivity index (χ3n) is 5.19. The first-order valence-electron chi connectivity index (χ1n) is 9.68. The van der Waals surface area contributed by atoms with Gasteiger partial charge in [-0.05, 0) is 66.3 Å². The number of benzene rings is 3. The van der Waals surface area contributed by atoms with Crippen LogP contribution in [-0.4, -0.2) is 26.0 Å². The molecule has 0 atom stereocenters. The van der Waals surface area contributed by atoms with Gasteiger partial charge >= 0.3 is 5.97 Å². The molecule has 31 heavy (non-hydrogen) atoms. The normalized spacial score (nSPS) is 13.7. The molecule has 0 spiro atoms. The van der Waals surface area contributed by atoms with Gasteiger partial charge < -0.3 is 5.11 Å². The van der Waals surface area contributed by atoms with Crippen LogP contribution >= 0.6 is 23.2 Å². The fraction of sp³-hybridized carbons (Fsp3) is 0.174. The average molecular weight is 476 g/mol. The lowest BCUT2D eigenvalue weighted by molar-refractivity contribution is 0.0697. The van der Waals surface area contributed by atoms with Gasteiger partial charge in [-0.2, -0.15) is 0 Å². The van der Waals surface area contributed by atoms with Crippen molar-refractivity contribution in [3.63, 3.8) is 0 Å². The van der Waals surface area contributed by atoms with Crippen LogP contribution in [0.25, 0.3) is 11.1 Å². The Bertz CT molecular complexity index is 1220. The lowest BCUT2D eigenvalue weighted by atomic mass is 10.0. The lowest BCUT2D eigenvalue weighted by Gasteiger charge is -2.25. The second kappa shape index (κ2) is 8.54. The molecule has 1 N–H and O–H groups in total. The molecule has 1 fully saturated rings. The van der Waals surface area contributed by atoms with Gasteiger partial charge in [0, 0.05) is 6.54 Å². The van der Waals surface area contributed by atoms with Gasteiger partial charge in [-0.3, -0.25) is 4.31 Å². The molecule has 160 valence electrons. The van der Waals surface area contributed by atoms with Crippen molar-refractivity contribution >= 4 is 44.9 Å². The van der Waals surface area contributed by atoms with Crippen molar-refractivity contribution < 1.29 is 18.3 Å². The number of carboxylic acids is 1. The summed E-state index contributed by atoms with van der Waals surface area (Å²) < 4.78 is 28.4. The number of nitrogens with zero attached hydrogens (tertiary/aromatic N) is 1. The molecule has 0 amide bonds. The van der Waals surface area contributed by atoms with Crippen LogP contribution in [0.4, 0.5) is 5.69 Å². The van der Waals surface area contributed by atoms with Crippen LogP contribution in [0.1, 0.15) is 23.2 Å². The van der Waals surface area contributed by atoms with E-state index < -0.39 is 16.0 Å². The van der Waals surface area contributed by atoms with Crippen LogP contribution in [-0.2, 0) is 10.0 Å². The van der Waals surface area contributed by atoms with Crippen LogP contribution < -0.4 is 4.31 Å². The zero-order valence-electron chi connectivity index (χ0n) is 16.3. The van der Waals surface area contributed by atoms with Crippen molar-refractivity contribution in [3.05, 3.63) is 82.3 Å². The zero-order chi connectivity index (χ0) is 22.2. The fourth-order valence-corrected chi connectivity index (χ4v) is 6.01. The molecule has 8 heteroatoms. The van der Waals surface area contributed by atoms with Gasteiger partial charge in [-0.1, -0.05) is 53.5 Å². The van der Waals surface area contributed by atoms with Gasteiger partial charge in [-0.15, -0.1) is 0 Å². The SMILES string of the molecule is O=C(O)c1cccc(-c2ccc(N(CC3CC3)S(=O)(=O)c3c(Cl)cccc3Cl)cc2)c1. The minimum atomic E-state index is -3.97. The fourth-order valence-electron chi connectivity index (χ4n) is 3.37. The summed E-state index contributed by atoms with van der Waals surface area (Å²) in [4.78, 5) is 11.1. The van der Waals surface area contributed by atoms with Crippen molar-refractivity contribution in [1.82, 2.24) is 0 Å². The Morgan fingerprint density at radius 2 is 1.55 bits per heavy atom. The summed E-state index contributed by atoms with van der Waals surface area (Å²) >= 11 is 12.4. The van der Waals surface area contributed by atoms with Crippen molar-refractivity contribution in [2.75, 3.05) is 10.8 Å². The van der Waals surface area contributed by atoms with E-state index in [2.05, 4.69) is 0 Å². The summed E-state index contributed by atoms with van der Waals surface area (Å²) in [7, 11) is -3.97. The number of hydrogen-bond donors (Lipinski definition) is 1. The molecular weight excluding hydrogens is 457 g/mol. The van der Waals surface area contributed by atoms with E-state index in [0.29, 0.717) is 18.2 Å². The third kappa shape index (κ3) is 4.56. The number of carboxylic acid groups (broad SMARTS) is 1. The smallest absolute Gasteiger partial charge is 0.335 e. The molecule has 4 rings (SSSR count). The third-order valence-corrected chi connectivity index (χ3v) is 7.94. The molecule has 1 aliphatic rings. The first kappa shape index (κ1) is 21.7. The van der Waals surface area contributed by atoms with Gasteiger partial charge in [0.2, 0.25) is 0 Å². The molecule has 1 aliphatic carbocycles. The average Bonchev–Trinajstić information content (AvgIpc) is 3.56. The highest BCUT2D eigenvalue weighted by atomic mass is 35.5. The number of aromatic carboxylic acids is 1. The van der Waals surface area contributed by atoms with Crippen molar-refractivity contribution in [1.29, 1.82) is 0 Å². The minimum Gasteiger partial charge on any atom is -0.478 e. The molecule has 0 heterocycles. The van der Waals surface area contributed by atoms with Crippen LogP contribution in [0.2, 0.25) is 10.0 Å². The second-order valence-corrected chi connectivity index (χ2v) is 10.1. The molecule has 3 aromatic carbocycles. The highest BCUT2D eigenvalue weighted by Crippen LogP contribution is 2.38. The van der Waals surface area contributed by atoms with Gasteiger partial charge in [0.15, 0.2) is 0 Å². The van der Waals surface area contributed by atoms with E-state index in [1.807, 2.05) is 6.07 Å². The Kier molecular flexibility index (Phi) is 5.97. The zero-order valence-corrected chi connectivity index (χ0v) is 18.7. The van der Waals surface area contributed by atoms with Crippen molar-refractivity contribution in [2.45, 2.75) is 17.7 Å². The highest BCUT2D eigenvalue weighted by molar-refractivity contribution is 7.93. The maximum Gasteiger partial charge on any atom is 0.335 e. The molecule has 0 aliphatic heterocycles. The molecule has 0 saturated heterocycles. The second-order valence-electron chi connectivity index (χ2n) is 7.46. The largest absolute Gasteiger partial charge is 0.478 e. The van der Waals surface area contributed by atoms with E-state index in [0.717, 1.165) is 24.0 Å². The highest BCUT2D eigenvalue weighted by Gasteiger charge is 2.34. The van der Waals surface area contributed by atoms with Crippen molar-refractivity contribution in [2.24, 2.45) is 5.92 Å². The Labute approximate surface area is 190 Å². The number of carbonyl (C=O) groups is 1. The number of rotatable bonds is 7. The Balaban J connectivity index is 1.72. The van der Waals surface area contributed by atoms with Crippen LogP contribution in [0, 0.1) is 5.92 Å². The summed E-state index contributed by atoms with van der Waals surface area (Å²) in [6.07, 6.45) is 1.95. The number of anilines is 1. The molecule has 0 radical (unpaired) electrons. The standard InChI is InChI=1S/C23H19Cl2NO4S/c24-20-5-2-6-21(25)22(20)31(29,30)26(14-15-7-8-15)19-11-9-16(10-12-19)17-3-1-4-18(13-17)23(27)28/h1-6,9-13,15H,7-8,14H2,(H,27,28). The van der Waals surface area contributed by atoms with Gasteiger partial charge in [0.1, 0.15) is 4.90 Å². The van der Waals surface area contributed by atoms with Crippen LogP contribution in [0.3, 0.4) is 0 Å². The number of halogens is 2. The maximum atomic E-state index is 13.5. The monoisotopic (exact) mass is 475 g/mol. The van der Waals surface area contributed by atoms with E-state index in [-0.39, 0.29) is 20.5 Å². The van der Waals surface area contributed by atoms with Gasteiger partial charge in [0.25, 0.3) is 10.0 Å². The molecule has 3 aromatic rings. The summed E-state index contributed by atoms with van der Waals surface area (Å²) in [6, 6.07) is 18.2. The molecule has 0 bridgehead atoms. The van der Waals surface area contributed by atoms with Gasteiger partial charge in [-0.25, -0.2) is 13.2 Å². The van der Waals surface area contributed by atoms with E-state index in [4.69, 9.17) is 23.2 Å². The Hall–Kier alpha value is -2.54.